The molecule has 0 aliphatic carbocycles. The second-order valence-electron chi connectivity index (χ2n) is 3.91. The van der Waals surface area contributed by atoms with Crippen LogP contribution in [-0.2, 0) is 11.3 Å². The maximum atomic E-state index is 10.6. The van der Waals surface area contributed by atoms with E-state index in [4.69, 9.17) is 5.11 Å². The summed E-state index contributed by atoms with van der Waals surface area (Å²) in [7, 11) is 1.80. The van der Waals surface area contributed by atoms with Crippen LogP contribution in [0, 0.1) is 10.1 Å². The smallest absolute Gasteiger partial charge is 0.304 e. The van der Waals surface area contributed by atoms with Gasteiger partial charge in [0.2, 0.25) is 0 Å². The predicted molar refractivity (Wildman–Crippen MR) is 69.4 cm³/mol. The first kappa shape index (κ1) is 14.6. The average molecular weight is 317 g/mol. The number of aliphatic carboxylic acids is 1. The van der Waals surface area contributed by atoms with E-state index in [0.29, 0.717) is 17.6 Å². The molecular formula is C11H13BrN2O4. The van der Waals surface area contributed by atoms with Crippen LogP contribution < -0.4 is 0 Å². The van der Waals surface area contributed by atoms with Gasteiger partial charge in [0.05, 0.1) is 11.3 Å². The van der Waals surface area contributed by atoms with Crippen molar-refractivity contribution < 1.29 is 14.8 Å². The van der Waals surface area contributed by atoms with Crippen LogP contribution in [0.15, 0.2) is 22.7 Å². The number of hydrogen-bond acceptors (Lipinski definition) is 4. The van der Waals surface area contributed by atoms with E-state index in [2.05, 4.69) is 15.9 Å². The van der Waals surface area contributed by atoms with E-state index >= 15 is 0 Å². The summed E-state index contributed by atoms with van der Waals surface area (Å²) in [5, 5.41) is 19.1. The maximum absolute atomic E-state index is 10.6. The molecule has 0 unspecified atom stereocenters. The first-order valence-electron chi connectivity index (χ1n) is 5.23. The van der Waals surface area contributed by atoms with E-state index in [1.807, 2.05) is 4.90 Å². The molecule has 0 atom stereocenters. The third-order valence-electron chi connectivity index (χ3n) is 2.40. The molecule has 0 amide bonds. The fourth-order valence-electron chi connectivity index (χ4n) is 1.43. The molecule has 7 heteroatoms. The molecule has 1 aromatic rings. The molecule has 1 rings (SSSR count). The summed E-state index contributed by atoms with van der Waals surface area (Å²) in [5.74, 6) is -0.843. The van der Waals surface area contributed by atoms with E-state index in [-0.39, 0.29) is 12.1 Å². The molecule has 0 saturated carbocycles. The van der Waals surface area contributed by atoms with Crippen molar-refractivity contribution in [2.45, 2.75) is 13.0 Å². The first-order valence-corrected chi connectivity index (χ1v) is 6.02. The Morgan fingerprint density at radius 2 is 2.22 bits per heavy atom. The van der Waals surface area contributed by atoms with Crippen LogP contribution in [0.5, 0.6) is 0 Å². The second kappa shape index (κ2) is 6.46. The minimum absolute atomic E-state index is 0.0267. The SMILES string of the molecule is CN(CCC(=O)O)Cc1ccc([N+](=O)[O-])cc1Br. The van der Waals surface area contributed by atoms with Gasteiger partial charge in [-0.05, 0) is 18.7 Å². The highest BCUT2D eigenvalue weighted by Gasteiger charge is 2.11. The molecule has 0 heterocycles. The summed E-state index contributed by atoms with van der Waals surface area (Å²) in [4.78, 5) is 22.4. The number of rotatable bonds is 6. The van der Waals surface area contributed by atoms with Gasteiger partial charge in [-0.3, -0.25) is 14.9 Å². The number of non-ortho nitro benzene ring substituents is 1. The zero-order chi connectivity index (χ0) is 13.7. The Kier molecular flexibility index (Phi) is 5.24. The summed E-state index contributed by atoms with van der Waals surface area (Å²) in [5.41, 5.74) is 0.910. The van der Waals surface area contributed by atoms with Gasteiger partial charge in [-0.15, -0.1) is 0 Å². The van der Waals surface area contributed by atoms with Crippen LogP contribution in [0.25, 0.3) is 0 Å². The minimum Gasteiger partial charge on any atom is -0.481 e. The number of nitro groups is 1. The highest BCUT2D eigenvalue weighted by molar-refractivity contribution is 9.10. The number of carbonyl (C=O) groups is 1. The van der Waals surface area contributed by atoms with Crippen molar-refractivity contribution in [2.24, 2.45) is 0 Å². The lowest BCUT2D eigenvalue weighted by atomic mass is 10.2. The van der Waals surface area contributed by atoms with E-state index in [1.165, 1.54) is 12.1 Å². The van der Waals surface area contributed by atoms with E-state index in [1.54, 1.807) is 13.1 Å². The Balaban J connectivity index is 2.67. The molecular weight excluding hydrogens is 304 g/mol. The summed E-state index contributed by atoms with van der Waals surface area (Å²) in [6.07, 6.45) is 0.0705. The number of benzene rings is 1. The Labute approximate surface area is 112 Å². The van der Waals surface area contributed by atoms with Gasteiger partial charge < -0.3 is 10.0 Å². The zero-order valence-electron chi connectivity index (χ0n) is 9.80. The first-order chi connectivity index (χ1) is 8.40. The number of halogens is 1. The van der Waals surface area contributed by atoms with Gasteiger partial charge >= 0.3 is 5.97 Å². The quantitative estimate of drug-likeness (QED) is 0.643. The molecule has 18 heavy (non-hydrogen) atoms. The molecule has 1 N–H and O–H groups in total. The molecule has 0 radical (unpaired) electrons. The summed E-state index contributed by atoms with van der Waals surface area (Å²) in [6.45, 7) is 0.963. The lowest BCUT2D eigenvalue weighted by Gasteiger charge is -2.16. The van der Waals surface area contributed by atoms with E-state index in [9.17, 15) is 14.9 Å². The lowest BCUT2D eigenvalue weighted by molar-refractivity contribution is -0.384. The summed E-state index contributed by atoms with van der Waals surface area (Å²) >= 11 is 3.28. The highest BCUT2D eigenvalue weighted by Crippen LogP contribution is 2.23. The van der Waals surface area contributed by atoms with Crippen molar-refractivity contribution in [1.29, 1.82) is 0 Å². The Hall–Kier alpha value is -1.47. The van der Waals surface area contributed by atoms with Gasteiger partial charge in [0.15, 0.2) is 0 Å². The number of carboxylic acid groups (broad SMARTS) is 1. The van der Waals surface area contributed by atoms with Gasteiger partial charge in [0.1, 0.15) is 0 Å². The van der Waals surface area contributed by atoms with Crippen LogP contribution in [0.3, 0.4) is 0 Å². The van der Waals surface area contributed by atoms with Gasteiger partial charge in [-0.25, -0.2) is 0 Å². The third-order valence-corrected chi connectivity index (χ3v) is 3.13. The molecule has 0 bridgehead atoms. The molecule has 0 saturated heterocycles. The number of nitrogens with zero attached hydrogens (tertiary/aromatic N) is 2. The molecule has 0 aliphatic heterocycles. The van der Waals surface area contributed by atoms with Gasteiger partial charge in [-0.2, -0.15) is 0 Å². The van der Waals surface area contributed by atoms with Crippen molar-refractivity contribution >= 4 is 27.6 Å². The van der Waals surface area contributed by atoms with Crippen molar-refractivity contribution in [3.05, 3.63) is 38.3 Å². The maximum Gasteiger partial charge on any atom is 0.304 e. The summed E-state index contributed by atoms with van der Waals surface area (Å²) < 4.78 is 0.652. The monoisotopic (exact) mass is 316 g/mol. The van der Waals surface area contributed by atoms with Gasteiger partial charge in [0, 0.05) is 29.7 Å². The molecule has 0 spiro atoms. The zero-order valence-corrected chi connectivity index (χ0v) is 11.4. The Morgan fingerprint density at radius 3 is 2.72 bits per heavy atom. The highest BCUT2D eigenvalue weighted by atomic mass is 79.9. The van der Waals surface area contributed by atoms with Crippen molar-refractivity contribution in [2.75, 3.05) is 13.6 Å². The molecule has 0 aliphatic rings. The fraction of sp³-hybridized carbons (Fsp3) is 0.364. The number of nitro benzene ring substituents is 1. The number of carboxylic acids is 1. The predicted octanol–water partition coefficient (Wildman–Crippen LogP) is 2.26. The lowest BCUT2D eigenvalue weighted by Crippen LogP contribution is -2.21. The average Bonchev–Trinajstić information content (AvgIpc) is 2.29. The second-order valence-corrected chi connectivity index (χ2v) is 4.77. The molecule has 0 aromatic heterocycles. The molecule has 0 fully saturated rings. The Morgan fingerprint density at radius 1 is 1.56 bits per heavy atom. The van der Waals surface area contributed by atoms with E-state index in [0.717, 1.165) is 5.56 Å². The van der Waals surface area contributed by atoms with Gasteiger partial charge in [0.25, 0.3) is 5.69 Å². The van der Waals surface area contributed by atoms with E-state index < -0.39 is 10.9 Å². The fourth-order valence-corrected chi connectivity index (χ4v) is 1.93. The van der Waals surface area contributed by atoms with Gasteiger partial charge in [-0.1, -0.05) is 15.9 Å². The third kappa shape index (κ3) is 4.42. The van der Waals surface area contributed by atoms with Crippen LogP contribution in [-0.4, -0.2) is 34.5 Å². The molecule has 98 valence electrons. The van der Waals surface area contributed by atoms with Crippen molar-refractivity contribution in [3.63, 3.8) is 0 Å². The van der Waals surface area contributed by atoms with Crippen LogP contribution >= 0.6 is 15.9 Å². The van der Waals surface area contributed by atoms with Crippen LogP contribution in [0.4, 0.5) is 5.69 Å². The van der Waals surface area contributed by atoms with Crippen LogP contribution in [0.2, 0.25) is 0 Å². The standard InChI is InChI=1S/C11H13BrN2O4/c1-13(5-4-11(15)16)7-8-2-3-9(14(17)18)6-10(8)12/h2-3,6H,4-5,7H2,1H3,(H,15,16). The molecule has 1 aromatic carbocycles. The van der Waals surface area contributed by atoms with Crippen molar-refractivity contribution in [1.82, 2.24) is 4.90 Å². The van der Waals surface area contributed by atoms with Crippen molar-refractivity contribution in [3.8, 4) is 0 Å². The summed E-state index contributed by atoms with van der Waals surface area (Å²) in [6, 6.07) is 4.55. The minimum atomic E-state index is -0.843. The normalized spacial score (nSPS) is 10.6. The largest absolute Gasteiger partial charge is 0.481 e. The van der Waals surface area contributed by atoms with Crippen LogP contribution in [0.1, 0.15) is 12.0 Å². The molecule has 6 nitrogen and oxygen atoms in total. The topological polar surface area (TPSA) is 83.7 Å². The Bertz CT molecular complexity index is 464. The number of hydrogen-bond donors (Lipinski definition) is 1.